The largest absolute Gasteiger partial charge is 3.00 e. The van der Waals surface area contributed by atoms with Crippen molar-refractivity contribution >= 4 is 167 Å². The molecule has 0 rings (SSSR count). The third-order valence-corrected chi connectivity index (χ3v) is 23.9. The Kier molecular flexibility index (Phi) is 48.6. The first-order valence-corrected chi connectivity index (χ1v) is 44.3. The van der Waals surface area contributed by atoms with Gasteiger partial charge in [-0.1, -0.05) is 0 Å². The summed E-state index contributed by atoms with van der Waals surface area (Å²) in [4.78, 5) is 0. The zero-order valence-electron chi connectivity index (χ0n) is 41.7. The van der Waals surface area contributed by atoms with Crippen molar-refractivity contribution in [3.63, 3.8) is 0 Å². The van der Waals surface area contributed by atoms with Crippen molar-refractivity contribution in [3.05, 3.63) is 0 Å². The van der Waals surface area contributed by atoms with Crippen LogP contribution in [0.25, 0.3) is 0 Å². The van der Waals surface area contributed by atoms with Gasteiger partial charge in [-0.05, 0) is 169 Å². The van der Waals surface area contributed by atoms with E-state index in [0.717, 1.165) is 0 Å². The molecule has 21 nitrogen and oxygen atoms in total. The molecule has 0 fully saturated rings. The van der Waals surface area contributed by atoms with Gasteiger partial charge in [0, 0.05) is 0 Å². The van der Waals surface area contributed by atoms with Crippen LogP contribution in [0.15, 0.2) is 0 Å². The van der Waals surface area contributed by atoms with Crippen molar-refractivity contribution < 1.29 is 85.0 Å². The Balaban J connectivity index is -0.000000138. The third-order valence-electron chi connectivity index (χ3n) is 6.70. The zero-order valence-corrected chi connectivity index (χ0v) is 60.5. The van der Waals surface area contributed by atoms with Crippen LogP contribution in [0.5, 0.6) is 0 Å². The minimum atomic E-state index is -3.27. The fourth-order valence-corrected chi connectivity index (χ4v) is 18.1. The Labute approximate surface area is 471 Å². The molecule has 0 spiro atoms. The molecule has 0 saturated carbocycles. The van der Waals surface area contributed by atoms with Gasteiger partial charge in [-0.15, -0.1) is 0 Å². The van der Waals surface area contributed by atoms with Crippen LogP contribution in [0.3, 0.4) is 0 Å². The van der Waals surface area contributed by atoms with E-state index in [1.807, 2.05) is 0 Å². The second kappa shape index (κ2) is 37.3. The van der Waals surface area contributed by atoms with Crippen LogP contribution in [0, 0.1) is 0 Å². The number of rotatable bonds is 18. The minimum absolute atomic E-state index is 0. The molecule has 0 amide bonds. The molecule has 0 aromatic carbocycles. The van der Waals surface area contributed by atoms with E-state index in [-0.39, 0.29) is 17.1 Å². The van der Waals surface area contributed by atoms with E-state index in [1.54, 1.807) is 169 Å². The maximum atomic E-state index is 12.6. The van der Waals surface area contributed by atoms with Crippen LogP contribution in [0.1, 0.15) is 0 Å². The van der Waals surface area contributed by atoms with Gasteiger partial charge in [0.2, 0.25) is 0 Å². The van der Waals surface area contributed by atoms with Crippen LogP contribution in [-0.4, -0.2) is 225 Å². The molecular formula is C24H72Cl12Fe4N12O9P6. The van der Waals surface area contributed by atoms with Gasteiger partial charge < -0.3 is 0 Å². The Morgan fingerprint density at radius 1 is 0.224 bits per heavy atom. The molecule has 1 radical (unpaired) electrons. The van der Waals surface area contributed by atoms with Crippen molar-refractivity contribution in [3.8, 4) is 0 Å². The predicted octanol–water partition coefficient (Wildman–Crippen LogP) is 12.7. The molecule has 43 heteroatoms. The summed E-state index contributed by atoms with van der Waals surface area (Å²) in [6, 6.07) is 0. The number of halogens is 12. The molecule has 0 aliphatic heterocycles. The smallest absolute Gasteiger partial charge is 3.00 e. The minimum Gasteiger partial charge on any atom is 3.00 e. The monoisotopic (exact) mass is 1500 g/mol. The third kappa shape index (κ3) is 38.6. The van der Waals surface area contributed by atoms with Crippen LogP contribution in [0.4, 0.5) is 0 Å². The van der Waals surface area contributed by atoms with Crippen molar-refractivity contribution in [2.24, 2.45) is 0 Å². The van der Waals surface area contributed by atoms with E-state index in [9.17, 15) is 27.4 Å². The Morgan fingerprint density at radius 2 is 0.269 bits per heavy atom. The standard InChI is InChI=1S/3C8H24N4O3P2.12ClH.4Fe/c3*1-9(2)16(13,10(3)4)15-17(14,11(5)6)12(7)8;;;;;;;;;;;;;;;;/h3*1-8H3;12*1H;;;;/q;;;;;;;;;;;;;;;4*+3/p-12. The normalized spacial score (nSPS) is 14.3. The summed E-state index contributed by atoms with van der Waals surface area (Å²) in [6.07, 6.45) is 0. The van der Waals surface area contributed by atoms with Crippen LogP contribution >= 0.6 is 167 Å². The molecule has 67 heavy (non-hydrogen) atoms. The Morgan fingerprint density at radius 3 is 0.299 bits per heavy atom. The van der Waals surface area contributed by atoms with Gasteiger partial charge in [0.05, 0.1) is 0 Å². The van der Waals surface area contributed by atoms with E-state index < -0.39 is 73.6 Å². The molecule has 0 aromatic heterocycles. The fourth-order valence-electron chi connectivity index (χ4n) is 3.44. The molecule has 0 saturated heterocycles. The van der Waals surface area contributed by atoms with E-state index in [1.165, 1.54) is 56.0 Å². The van der Waals surface area contributed by atoms with Gasteiger partial charge in [-0.3, -0.25) is 27.4 Å². The summed E-state index contributed by atoms with van der Waals surface area (Å²) in [6.45, 7) is 0. The number of hydrogen-bond acceptors (Lipinski definition) is 9. The first kappa shape index (κ1) is 87.2. The van der Waals surface area contributed by atoms with Gasteiger partial charge in [0.1, 0.15) is 0 Å². The zero-order chi connectivity index (χ0) is 55.5. The SMILES string of the molecule is CN(C)P(=O)(OP(=O)(N(C)C)N(C)C)N(C)C.CN(C)P(=O)(OP(=O)(N(C)C)N(C)C)N(C)C.CN(C)P(=O)(OP(=O)(N(C)C)N(C)C)N(C)C.[Cl][Fe-]([Cl])([Cl])[Cl].[Cl][Fe-]([Cl])([Cl])[Cl].[Cl][Fe-]([Cl])([Cl])[Cl].[Fe+3]. The molecule has 0 atom stereocenters. The van der Waals surface area contributed by atoms with Crippen molar-refractivity contribution in [2.75, 3.05) is 169 Å². The quantitative estimate of drug-likeness (QED) is 0.0937. The molecule has 0 aliphatic carbocycles. The van der Waals surface area contributed by atoms with E-state index in [2.05, 4.69) is 0 Å². The average Bonchev–Trinajstić information content (AvgIpc) is 3.05. The molecule has 0 heterocycles. The fraction of sp³-hybridized carbons (Fsp3) is 1.00. The molecule has 428 valence electrons. The van der Waals surface area contributed by atoms with Crippen LogP contribution in [0.2, 0.25) is 0 Å². The van der Waals surface area contributed by atoms with Crippen LogP contribution in [-0.2, 0) is 85.0 Å². The summed E-state index contributed by atoms with van der Waals surface area (Å²) < 4.78 is 110. The second-order valence-corrected chi connectivity index (χ2v) is 64.5. The first-order valence-electron chi connectivity index (χ1n) is 16.9. The molecule has 0 unspecified atom stereocenters. The first-order chi connectivity index (χ1) is 28.4. The van der Waals surface area contributed by atoms with Gasteiger partial charge in [-0.2, -0.15) is 0 Å². The Hall–Kier alpha value is 6.34. The average molecular weight is 1510 g/mol. The summed E-state index contributed by atoms with van der Waals surface area (Å²) in [5, 5.41) is 0. The number of hydrogen-bond donors (Lipinski definition) is 0. The van der Waals surface area contributed by atoms with E-state index in [4.69, 9.17) is 134 Å². The molecule has 0 aliphatic rings. The summed E-state index contributed by atoms with van der Waals surface area (Å²) in [5.74, 6) is 0. The molecule has 0 N–H and O–H groups in total. The molecule has 0 aromatic rings. The molecular weight excluding hydrogens is 1430 g/mol. The second-order valence-electron chi connectivity index (χ2n) is 14.3. The van der Waals surface area contributed by atoms with Gasteiger partial charge in [0.15, 0.2) is 0 Å². The Bertz CT molecular complexity index is 1310. The summed E-state index contributed by atoms with van der Waals surface area (Å²) >= 11 is 0. The summed E-state index contributed by atoms with van der Waals surface area (Å²) in [7, 11) is 71.2. The van der Waals surface area contributed by atoms with Crippen LogP contribution < -0.4 is 0 Å². The van der Waals surface area contributed by atoms with Gasteiger partial charge in [0.25, 0.3) is 0 Å². The summed E-state index contributed by atoms with van der Waals surface area (Å²) in [5.41, 5.74) is 0. The maximum Gasteiger partial charge on any atom is 3.00 e. The molecule has 0 bridgehead atoms. The van der Waals surface area contributed by atoms with Gasteiger partial charge >= 0.3 is 212 Å². The van der Waals surface area contributed by atoms with Gasteiger partial charge in [-0.25, -0.2) is 69.0 Å². The predicted molar refractivity (Wildman–Crippen MR) is 283 cm³/mol. The van der Waals surface area contributed by atoms with E-state index >= 15 is 0 Å². The number of nitrogens with zero attached hydrogens (tertiary/aromatic N) is 12. The van der Waals surface area contributed by atoms with Crippen molar-refractivity contribution in [1.82, 2.24) is 56.0 Å². The topological polar surface area (TPSA) is 169 Å². The maximum absolute atomic E-state index is 12.6. The van der Waals surface area contributed by atoms with E-state index in [0.29, 0.717) is 0 Å². The van der Waals surface area contributed by atoms with Crippen molar-refractivity contribution in [2.45, 2.75) is 0 Å². The van der Waals surface area contributed by atoms with Crippen molar-refractivity contribution in [1.29, 1.82) is 0 Å².